The van der Waals surface area contributed by atoms with Gasteiger partial charge in [0.2, 0.25) is 0 Å². The quantitative estimate of drug-likeness (QED) is 0.507. The third kappa shape index (κ3) is 2.93. The van der Waals surface area contributed by atoms with Gasteiger partial charge in [0.25, 0.3) is 5.69 Å². The Bertz CT molecular complexity index is 527. The van der Waals surface area contributed by atoms with Crippen LogP contribution in [-0.2, 0) is 6.54 Å². The van der Waals surface area contributed by atoms with Crippen LogP contribution in [0.1, 0.15) is 5.69 Å². The average Bonchev–Trinajstić information content (AvgIpc) is 2.78. The molecule has 0 unspecified atom stereocenters. The minimum Gasteiger partial charge on any atom is -0.379 e. The predicted molar refractivity (Wildman–Crippen MR) is 71.7 cm³/mol. The number of hydrogen-bond donors (Lipinski definition) is 2. The van der Waals surface area contributed by atoms with Gasteiger partial charge in [-0.2, -0.15) is 5.10 Å². The molecule has 0 saturated carbocycles. The molecular weight excluding hydrogens is 335 g/mol. The molecule has 0 aliphatic carbocycles. The number of nitro groups is 1. The molecule has 2 N–H and O–H groups in total. The molecule has 0 fully saturated rings. The topological polar surface area (TPSA) is 83.8 Å². The molecule has 1 aromatic carbocycles. The molecule has 1 aromatic heterocycles. The third-order valence-electron chi connectivity index (χ3n) is 2.19. The van der Waals surface area contributed by atoms with Crippen LogP contribution in [0.3, 0.4) is 0 Å². The number of nitrogens with one attached hydrogen (secondary N) is 2. The maximum Gasteiger partial charge on any atom is 0.282 e. The first-order valence-electron chi connectivity index (χ1n) is 4.83. The van der Waals surface area contributed by atoms with Gasteiger partial charge >= 0.3 is 0 Å². The number of nitro benzene ring substituents is 1. The Morgan fingerprint density at radius 2 is 2.29 bits per heavy atom. The Labute approximate surface area is 111 Å². The van der Waals surface area contributed by atoms with Crippen LogP contribution in [0.15, 0.2) is 30.5 Å². The summed E-state index contributed by atoms with van der Waals surface area (Å²) in [5.41, 5.74) is 1.92. The average molecular weight is 344 g/mol. The van der Waals surface area contributed by atoms with E-state index in [-0.39, 0.29) is 10.6 Å². The van der Waals surface area contributed by atoms with E-state index >= 15 is 0 Å². The number of hydrogen-bond acceptors (Lipinski definition) is 4. The molecule has 7 heteroatoms. The summed E-state index contributed by atoms with van der Waals surface area (Å²) in [6, 6.07) is 6.80. The molecule has 2 aromatic rings. The monoisotopic (exact) mass is 344 g/mol. The van der Waals surface area contributed by atoms with E-state index in [2.05, 4.69) is 15.5 Å². The predicted octanol–water partition coefficient (Wildman–Crippen LogP) is 2.53. The summed E-state index contributed by atoms with van der Waals surface area (Å²) in [7, 11) is 0. The Morgan fingerprint density at radius 1 is 1.47 bits per heavy atom. The van der Waals surface area contributed by atoms with Crippen molar-refractivity contribution in [3.63, 3.8) is 0 Å². The highest BCUT2D eigenvalue weighted by Crippen LogP contribution is 2.24. The molecule has 2 rings (SSSR count). The maximum absolute atomic E-state index is 10.6. The summed E-state index contributed by atoms with van der Waals surface area (Å²) in [6.07, 6.45) is 1.68. The van der Waals surface area contributed by atoms with Crippen molar-refractivity contribution in [3.8, 4) is 0 Å². The molecule has 17 heavy (non-hydrogen) atoms. The second-order valence-corrected chi connectivity index (χ2v) is 4.52. The van der Waals surface area contributed by atoms with Crippen molar-refractivity contribution in [3.05, 3.63) is 49.8 Å². The van der Waals surface area contributed by atoms with Crippen molar-refractivity contribution in [2.24, 2.45) is 0 Å². The summed E-state index contributed by atoms with van der Waals surface area (Å²) in [4.78, 5) is 10.3. The van der Waals surface area contributed by atoms with Gasteiger partial charge in [0.1, 0.15) is 0 Å². The zero-order valence-electron chi connectivity index (χ0n) is 8.68. The summed E-state index contributed by atoms with van der Waals surface area (Å²) >= 11 is 1.95. The van der Waals surface area contributed by atoms with Crippen molar-refractivity contribution in [1.82, 2.24) is 10.2 Å². The lowest BCUT2D eigenvalue weighted by molar-refractivity contribution is -0.385. The van der Waals surface area contributed by atoms with Gasteiger partial charge in [-0.3, -0.25) is 15.2 Å². The highest BCUT2D eigenvalue weighted by molar-refractivity contribution is 14.1. The number of halogens is 1. The molecule has 6 nitrogen and oxygen atoms in total. The highest BCUT2D eigenvalue weighted by atomic mass is 127. The highest BCUT2D eigenvalue weighted by Gasteiger charge is 2.11. The van der Waals surface area contributed by atoms with Gasteiger partial charge < -0.3 is 5.32 Å². The number of aromatic amines is 1. The van der Waals surface area contributed by atoms with Crippen LogP contribution < -0.4 is 5.32 Å². The van der Waals surface area contributed by atoms with Crippen LogP contribution in [0.5, 0.6) is 0 Å². The van der Waals surface area contributed by atoms with Crippen LogP contribution in [0.4, 0.5) is 11.4 Å². The molecule has 0 amide bonds. The fraction of sp³-hybridized carbons (Fsp3) is 0.100. The number of rotatable bonds is 4. The van der Waals surface area contributed by atoms with Crippen molar-refractivity contribution >= 4 is 34.0 Å². The van der Waals surface area contributed by atoms with E-state index in [1.165, 1.54) is 6.07 Å². The standard InChI is InChI=1S/C10H9IN4O2/c11-9-5-7(1-2-10(9)15(16)17)12-6-8-3-4-13-14-8/h1-5,12H,6H2,(H,13,14). The molecule has 88 valence electrons. The maximum atomic E-state index is 10.6. The van der Waals surface area contributed by atoms with E-state index in [0.717, 1.165) is 11.4 Å². The van der Waals surface area contributed by atoms with Gasteiger partial charge in [0.15, 0.2) is 0 Å². The summed E-state index contributed by atoms with van der Waals surface area (Å²) in [6.45, 7) is 0.605. The fourth-order valence-electron chi connectivity index (χ4n) is 1.35. The number of benzene rings is 1. The van der Waals surface area contributed by atoms with E-state index in [1.807, 2.05) is 28.7 Å². The summed E-state index contributed by atoms with van der Waals surface area (Å²) < 4.78 is 0.613. The number of aromatic nitrogens is 2. The van der Waals surface area contributed by atoms with Crippen molar-refractivity contribution in [1.29, 1.82) is 0 Å². The van der Waals surface area contributed by atoms with Gasteiger partial charge in [-0.25, -0.2) is 0 Å². The summed E-state index contributed by atoms with van der Waals surface area (Å²) in [5.74, 6) is 0. The lowest BCUT2D eigenvalue weighted by atomic mass is 10.3. The van der Waals surface area contributed by atoms with Crippen LogP contribution in [-0.4, -0.2) is 15.1 Å². The van der Waals surface area contributed by atoms with E-state index in [9.17, 15) is 10.1 Å². The number of anilines is 1. The first kappa shape index (κ1) is 11.8. The Hall–Kier alpha value is -1.64. The molecular formula is C10H9IN4O2. The van der Waals surface area contributed by atoms with Crippen LogP contribution >= 0.6 is 22.6 Å². The van der Waals surface area contributed by atoms with E-state index in [4.69, 9.17) is 0 Å². The molecule has 1 heterocycles. The fourth-order valence-corrected chi connectivity index (χ4v) is 2.06. The van der Waals surface area contributed by atoms with Crippen LogP contribution in [0, 0.1) is 13.7 Å². The van der Waals surface area contributed by atoms with E-state index < -0.39 is 0 Å². The van der Waals surface area contributed by atoms with Crippen molar-refractivity contribution in [2.45, 2.75) is 6.54 Å². The molecule has 0 spiro atoms. The lowest BCUT2D eigenvalue weighted by Gasteiger charge is -2.05. The third-order valence-corrected chi connectivity index (χ3v) is 3.05. The first-order valence-corrected chi connectivity index (χ1v) is 5.91. The van der Waals surface area contributed by atoms with Gasteiger partial charge in [0.05, 0.1) is 20.7 Å². The molecule has 0 radical (unpaired) electrons. The number of H-pyrrole nitrogens is 1. The zero-order chi connectivity index (χ0) is 12.3. The van der Waals surface area contributed by atoms with Gasteiger partial charge in [0, 0.05) is 18.0 Å². The largest absolute Gasteiger partial charge is 0.379 e. The second kappa shape index (κ2) is 5.13. The van der Waals surface area contributed by atoms with Crippen LogP contribution in [0.2, 0.25) is 0 Å². The van der Waals surface area contributed by atoms with Crippen molar-refractivity contribution in [2.75, 3.05) is 5.32 Å². The Balaban J connectivity index is 2.07. The first-order chi connectivity index (χ1) is 8.16. The molecule has 0 saturated heterocycles. The lowest BCUT2D eigenvalue weighted by Crippen LogP contribution is -2.01. The zero-order valence-corrected chi connectivity index (χ0v) is 10.8. The Kier molecular flexibility index (Phi) is 3.57. The van der Waals surface area contributed by atoms with Crippen LogP contribution in [0.25, 0.3) is 0 Å². The minimum absolute atomic E-state index is 0.123. The van der Waals surface area contributed by atoms with Gasteiger partial charge in [-0.15, -0.1) is 0 Å². The molecule has 0 bridgehead atoms. The number of nitrogens with zero attached hydrogens (tertiary/aromatic N) is 2. The SMILES string of the molecule is O=[N+]([O-])c1ccc(NCc2ccn[nH]2)cc1I. The van der Waals surface area contributed by atoms with E-state index in [1.54, 1.807) is 18.3 Å². The molecule has 0 aliphatic heterocycles. The van der Waals surface area contributed by atoms with Crippen molar-refractivity contribution < 1.29 is 4.92 Å². The molecule has 0 atom stereocenters. The smallest absolute Gasteiger partial charge is 0.282 e. The minimum atomic E-state index is -0.388. The Morgan fingerprint density at radius 3 is 2.88 bits per heavy atom. The van der Waals surface area contributed by atoms with Gasteiger partial charge in [-0.1, -0.05) is 0 Å². The normalized spacial score (nSPS) is 10.2. The molecule has 0 aliphatic rings. The second-order valence-electron chi connectivity index (χ2n) is 3.36. The van der Waals surface area contributed by atoms with Gasteiger partial charge in [-0.05, 0) is 40.8 Å². The van der Waals surface area contributed by atoms with E-state index in [0.29, 0.717) is 10.1 Å². The summed E-state index contributed by atoms with van der Waals surface area (Å²) in [5, 5.41) is 20.5.